The van der Waals surface area contributed by atoms with E-state index in [1.807, 2.05) is 42.5 Å². The minimum absolute atomic E-state index is 0.0357. The molecule has 2 aromatic carbocycles. The van der Waals surface area contributed by atoms with Crippen molar-refractivity contribution in [3.8, 4) is 5.75 Å². The maximum absolute atomic E-state index is 12.8. The zero-order valence-corrected chi connectivity index (χ0v) is 17.1. The van der Waals surface area contributed by atoms with Crippen LogP contribution in [-0.2, 0) is 11.4 Å². The second-order valence-corrected chi connectivity index (χ2v) is 7.70. The zero-order valence-electron chi connectivity index (χ0n) is 16.3. The summed E-state index contributed by atoms with van der Waals surface area (Å²) in [6, 6.07) is 13.4. The van der Waals surface area contributed by atoms with Crippen LogP contribution in [0.2, 0.25) is 0 Å². The molecule has 4 rings (SSSR count). The minimum atomic E-state index is -0.587. The largest absolute Gasteiger partial charge is 0.487 e. The van der Waals surface area contributed by atoms with Crippen molar-refractivity contribution >= 4 is 40.2 Å². The molecule has 0 spiro atoms. The monoisotopic (exact) mass is 409 g/mol. The molecule has 2 heterocycles. The fourth-order valence-corrected chi connectivity index (χ4v) is 4.15. The van der Waals surface area contributed by atoms with E-state index >= 15 is 0 Å². The highest BCUT2D eigenvalue weighted by Crippen LogP contribution is 2.46. The standard InChI is InChI=1S/C23H24ClN3O2/c1-3-17-9-18-21-16(11-24)12-27(23(28)14(2)25)19(21)10-20(22(18)26-17)29-13-15-7-5-4-6-8-15/h3-10,14,16,26H,1,11-13,25H2,2H3. The van der Waals surface area contributed by atoms with Gasteiger partial charge in [-0.2, -0.15) is 0 Å². The third-order valence-corrected chi connectivity index (χ3v) is 5.69. The molecule has 150 valence electrons. The molecule has 2 unspecified atom stereocenters. The Morgan fingerprint density at radius 2 is 2.17 bits per heavy atom. The second-order valence-electron chi connectivity index (χ2n) is 7.39. The molecule has 0 radical (unpaired) electrons. The van der Waals surface area contributed by atoms with E-state index < -0.39 is 6.04 Å². The van der Waals surface area contributed by atoms with Crippen LogP contribution >= 0.6 is 11.6 Å². The van der Waals surface area contributed by atoms with E-state index in [-0.39, 0.29) is 11.8 Å². The average molecular weight is 410 g/mol. The fourth-order valence-electron chi connectivity index (χ4n) is 3.90. The molecule has 5 nitrogen and oxygen atoms in total. The van der Waals surface area contributed by atoms with Gasteiger partial charge in [-0.1, -0.05) is 36.9 Å². The summed E-state index contributed by atoms with van der Waals surface area (Å²) in [6.07, 6.45) is 1.77. The Hall–Kier alpha value is -2.76. The third-order valence-electron chi connectivity index (χ3n) is 5.32. The SMILES string of the molecule is C=Cc1cc2c3c(cc(OCc4ccccc4)c2[nH]1)N(C(=O)C(C)N)CC3CCl. The Morgan fingerprint density at radius 1 is 1.41 bits per heavy atom. The number of aromatic amines is 1. The van der Waals surface area contributed by atoms with Crippen LogP contribution in [0.15, 0.2) is 49.0 Å². The summed E-state index contributed by atoms with van der Waals surface area (Å²) in [7, 11) is 0. The Bertz CT molecular complexity index is 1060. The summed E-state index contributed by atoms with van der Waals surface area (Å²) >= 11 is 6.28. The number of fused-ring (bicyclic) bond motifs is 3. The van der Waals surface area contributed by atoms with E-state index in [0.717, 1.165) is 33.4 Å². The molecule has 3 N–H and O–H groups in total. The molecule has 0 aliphatic carbocycles. The summed E-state index contributed by atoms with van der Waals surface area (Å²) in [4.78, 5) is 17.9. The number of nitrogens with zero attached hydrogens (tertiary/aromatic N) is 1. The van der Waals surface area contributed by atoms with Gasteiger partial charge in [0.1, 0.15) is 12.4 Å². The number of H-pyrrole nitrogens is 1. The van der Waals surface area contributed by atoms with Gasteiger partial charge in [0.05, 0.1) is 17.2 Å². The lowest BCUT2D eigenvalue weighted by Crippen LogP contribution is -2.41. The van der Waals surface area contributed by atoms with Gasteiger partial charge in [-0.25, -0.2) is 0 Å². The summed E-state index contributed by atoms with van der Waals surface area (Å²) in [5, 5.41) is 1.01. The van der Waals surface area contributed by atoms with Gasteiger partial charge in [0.25, 0.3) is 0 Å². The molecule has 1 amide bonds. The summed E-state index contributed by atoms with van der Waals surface area (Å²) in [5.41, 5.74) is 10.6. The van der Waals surface area contributed by atoms with E-state index in [1.165, 1.54) is 0 Å². The number of hydrogen-bond acceptors (Lipinski definition) is 3. The number of ether oxygens (including phenoxy) is 1. The first-order chi connectivity index (χ1) is 14.0. The number of amides is 1. The van der Waals surface area contributed by atoms with Crippen LogP contribution in [0.4, 0.5) is 5.69 Å². The molecule has 0 fully saturated rings. The number of rotatable bonds is 6. The molecule has 1 aliphatic rings. The number of halogens is 1. The second kappa shape index (κ2) is 7.93. The van der Waals surface area contributed by atoms with Crippen LogP contribution in [-0.4, -0.2) is 29.4 Å². The van der Waals surface area contributed by atoms with Gasteiger partial charge < -0.3 is 20.4 Å². The first-order valence-electron chi connectivity index (χ1n) is 9.65. The van der Waals surface area contributed by atoms with Crippen molar-refractivity contribution in [1.29, 1.82) is 0 Å². The van der Waals surface area contributed by atoms with Crippen molar-refractivity contribution in [3.05, 3.63) is 65.9 Å². The highest BCUT2D eigenvalue weighted by atomic mass is 35.5. The first-order valence-corrected chi connectivity index (χ1v) is 10.2. The highest BCUT2D eigenvalue weighted by Gasteiger charge is 2.36. The molecule has 29 heavy (non-hydrogen) atoms. The molecule has 2 atom stereocenters. The summed E-state index contributed by atoms with van der Waals surface area (Å²) in [6.45, 7) is 6.52. The quantitative estimate of drug-likeness (QED) is 0.592. The zero-order chi connectivity index (χ0) is 20.5. The lowest BCUT2D eigenvalue weighted by atomic mass is 9.98. The van der Waals surface area contributed by atoms with Crippen LogP contribution in [0, 0.1) is 0 Å². The topological polar surface area (TPSA) is 71.3 Å². The molecule has 1 aromatic heterocycles. The maximum atomic E-state index is 12.8. The van der Waals surface area contributed by atoms with Crippen LogP contribution in [0.3, 0.4) is 0 Å². The third kappa shape index (κ3) is 3.52. The first kappa shape index (κ1) is 19.6. The number of anilines is 1. The van der Waals surface area contributed by atoms with Crippen molar-refractivity contribution in [1.82, 2.24) is 4.98 Å². The predicted octanol–water partition coefficient (Wildman–Crippen LogP) is 4.41. The molecule has 1 aliphatic heterocycles. The van der Waals surface area contributed by atoms with E-state index in [1.54, 1.807) is 17.9 Å². The number of nitrogens with one attached hydrogen (secondary N) is 1. The van der Waals surface area contributed by atoms with Crippen LogP contribution in [0.1, 0.15) is 29.7 Å². The number of hydrogen-bond donors (Lipinski definition) is 2. The molecular formula is C23H24ClN3O2. The fraction of sp³-hybridized carbons (Fsp3) is 0.261. The van der Waals surface area contributed by atoms with Gasteiger partial charge in [0, 0.05) is 35.5 Å². The smallest absolute Gasteiger partial charge is 0.243 e. The Balaban J connectivity index is 1.83. The number of carbonyl (C=O) groups excluding carboxylic acids is 1. The number of carbonyl (C=O) groups is 1. The van der Waals surface area contributed by atoms with Crippen molar-refractivity contribution in [3.63, 3.8) is 0 Å². The molecule has 3 aromatic rings. The van der Waals surface area contributed by atoms with E-state index in [4.69, 9.17) is 22.1 Å². The van der Waals surface area contributed by atoms with Crippen molar-refractivity contribution in [2.24, 2.45) is 5.73 Å². The normalized spacial score (nSPS) is 16.7. The van der Waals surface area contributed by atoms with Crippen LogP contribution in [0.25, 0.3) is 17.0 Å². The molecule has 0 bridgehead atoms. The molecule has 6 heteroatoms. The van der Waals surface area contributed by atoms with Gasteiger partial charge >= 0.3 is 0 Å². The molecule has 0 saturated carbocycles. The molecule has 0 saturated heterocycles. The Morgan fingerprint density at radius 3 is 2.83 bits per heavy atom. The van der Waals surface area contributed by atoms with Crippen LogP contribution in [0.5, 0.6) is 5.75 Å². The predicted molar refractivity (Wildman–Crippen MR) is 119 cm³/mol. The van der Waals surface area contributed by atoms with Crippen molar-refractivity contribution in [2.75, 3.05) is 17.3 Å². The van der Waals surface area contributed by atoms with E-state index in [9.17, 15) is 4.79 Å². The van der Waals surface area contributed by atoms with E-state index in [0.29, 0.717) is 24.8 Å². The van der Waals surface area contributed by atoms with Crippen molar-refractivity contribution in [2.45, 2.75) is 25.5 Å². The van der Waals surface area contributed by atoms with Gasteiger partial charge in [-0.05, 0) is 30.2 Å². The van der Waals surface area contributed by atoms with Gasteiger partial charge in [0.15, 0.2) is 0 Å². The van der Waals surface area contributed by atoms with Crippen LogP contribution < -0.4 is 15.4 Å². The number of benzene rings is 2. The Labute approximate surface area is 175 Å². The van der Waals surface area contributed by atoms with Gasteiger partial charge in [0.2, 0.25) is 5.91 Å². The maximum Gasteiger partial charge on any atom is 0.243 e. The lowest BCUT2D eigenvalue weighted by Gasteiger charge is -2.20. The highest BCUT2D eigenvalue weighted by molar-refractivity contribution is 6.19. The summed E-state index contributed by atoms with van der Waals surface area (Å²) < 4.78 is 6.18. The number of alkyl halides is 1. The number of nitrogens with two attached hydrogens (primary N) is 1. The summed E-state index contributed by atoms with van der Waals surface area (Å²) in [5.74, 6) is 1.03. The Kier molecular flexibility index (Phi) is 5.35. The van der Waals surface area contributed by atoms with Crippen molar-refractivity contribution < 1.29 is 9.53 Å². The van der Waals surface area contributed by atoms with Gasteiger partial charge in [-0.3, -0.25) is 4.79 Å². The number of aromatic nitrogens is 1. The van der Waals surface area contributed by atoms with Gasteiger partial charge in [-0.15, -0.1) is 11.6 Å². The van der Waals surface area contributed by atoms with E-state index in [2.05, 4.69) is 11.6 Å². The minimum Gasteiger partial charge on any atom is -0.487 e. The average Bonchev–Trinajstić information content (AvgIpc) is 3.33. The lowest BCUT2D eigenvalue weighted by molar-refractivity contribution is -0.119. The molecular weight excluding hydrogens is 386 g/mol.